The first-order valence-electron chi connectivity index (χ1n) is 7.45. The normalized spacial score (nSPS) is 16.1. The van der Waals surface area contributed by atoms with Gasteiger partial charge in [0.25, 0.3) is 0 Å². The maximum Gasteiger partial charge on any atom is 0.240 e. The molecular formula is C16H25ClN2O4. The summed E-state index contributed by atoms with van der Waals surface area (Å²) in [7, 11) is 3.25. The largest absolute Gasteiger partial charge is 0.497 e. The van der Waals surface area contributed by atoms with Gasteiger partial charge in [-0.1, -0.05) is 0 Å². The van der Waals surface area contributed by atoms with Crippen molar-refractivity contribution < 1.29 is 19.0 Å². The Labute approximate surface area is 143 Å². The number of nitrogens with two attached hydrogens (primary N) is 1. The Morgan fingerprint density at radius 2 is 2.00 bits per heavy atom. The van der Waals surface area contributed by atoms with Gasteiger partial charge in [-0.05, 0) is 43.0 Å². The maximum atomic E-state index is 12.2. The summed E-state index contributed by atoms with van der Waals surface area (Å²) in [5.41, 5.74) is 6.32. The zero-order valence-electron chi connectivity index (χ0n) is 13.6. The third kappa shape index (κ3) is 4.99. The lowest BCUT2D eigenvalue weighted by atomic mass is 9.90. The minimum Gasteiger partial charge on any atom is -0.497 e. The van der Waals surface area contributed by atoms with Crippen molar-refractivity contribution >= 4 is 18.3 Å². The number of methoxy groups -OCH3 is 2. The monoisotopic (exact) mass is 344 g/mol. The molecule has 7 heteroatoms. The van der Waals surface area contributed by atoms with Gasteiger partial charge in [-0.2, -0.15) is 0 Å². The lowest BCUT2D eigenvalue weighted by Crippen LogP contribution is -2.57. The molecule has 1 amide bonds. The number of halogens is 1. The molecule has 0 aromatic heterocycles. The van der Waals surface area contributed by atoms with Crippen LogP contribution in [0.5, 0.6) is 11.5 Å². The quantitative estimate of drug-likeness (QED) is 0.812. The summed E-state index contributed by atoms with van der Waals surface area (Å²) in [6, 6.07) is 5.62. The fourth-order valence-corrected chi connectivity index (χ4v) is 2.53. The van der Waals surface area contributed by atoms with Crippen molar-refractivity contribution in [3.63, 3.8) is 0 Å². The van der Waals surface area contributed by atoms with Crippen LogP contribution < -0.4 is 20.5 Å². The van der Waals surface area contributed by atoms with E-state index in [-0.39, 0.29) is 18.3 Å². The Morgan fingerprint density at radius 3 is 2.61 bits per heavy atom. The molecule has 1 aromatic rings. The Bertz CT molecular complexity index is 519. The van der Waals surface area contributed by atoms with E-state index < -0.39 is 5.54 Å². The van der Waals surface area contributed by atoms with Crippen molar-refractivity contribution in [3.05, 3.63) is 23.8 Å². The molecule has 0 bridgehead atoms. The van der Waals surface area contributed by atoms with Crippen LogP contribution in [0.15, 0.2) is 18.2 Å². The third-order valence-corrected chi connectivity index (χ3v) is 4.00. The van der Waals surface area contributed by atoms with Gasteiger partial charge in [0.05, 0.1) is 19.8 Å². The first-order valence-corrected chi connectivity index (χ1v) is 7.45. The van der Waals surface area contributed by atoms with Crippen molar-refractivity contribution in [3.8, 4) is 11.5 Å². The second-order valence-corrected chi connectivity index (χ2v) is 5.45. The summed E-state index contributed by atoms with van der Waals surface area (Å²) < 4.78 is 15.8. The molecule has 0 spiro atoms. The van der Waals surface area contributed by atoms with Gasteiger partial charge in [0, 0.05) is 19.8 Å². The minimum atomic E-state index is -0.809. The zero-order valence-corrected chi connectivity index (χ0v) is 14.4. The fourth-order valence-electron chi connectivity index (χ4n) is 2.53. The molecule has 3 N–H and O–H groups in total. The number of carbonyl (C=O) groups is 1. The molecular weight excluding hydrogens is 320 g/mol. The van der Waals surface area contributed by atoms with E-state index in [0.29, 0.717) is 39.0 Å². The fraction of sp³-hybridized carbons (Fsp3) is 0.562. The van der Waals surface area contributed by atoms with Gasteiger partial charge in [0.15, 0.2) is 0 Å². The van der Waals surface area contributed by atoms with Crippen LogP contribution in [0, 0.1) is 0 Å². The minimum absolute atomic E-state index is 0. The number of benzene rings is 1. The van der Waals surface area contributed by atoms with E-state index >= 15 is 0 Å². The highest BCUT2D eigenvalue weighted by Gasteiger charge is 2.35. The number of rotatable bonds is 6. The van der Waals surface area contributed by atoms with E-state index in [1.807, 2.05) is 18.2 Å². The predicted molar refractivity (Wildman–Crippen MR) is 90.5 cm³/mol. The summed E-state index contributed by atoms with van der Waals surface area (Å²) in [4.78, 5) is 12.2. The second kappa shape index (κ2) is 8.96. The number of nitrogens with one attached hydrogen (secondary N) is 1. The highest BCUT2D eigenvalue weighted by atomic mass is 35.5. The topological polar surface area (TPSA) is 82.8 Å². The Balaban J connectivity index is 0.00000264. The van der Waals surface area contributed by atoms with Crippen LogP contribution in [0.4, 0.5) is 0 Å². The third-order valence-electron chi connectivity index (χ3n) is 4.00. The number of hydrogen-bond donors (Lipinski definition) is 2. The van der Waals surface area contributed by atoms with Gasteiger partial charge in [-0.15, -0.1) is 12.4 Å². The van der Waals surface area contributed by atoms with Crippen molar-refractivity contribution in [1.29, 1.82) is 0 Å². The number of carbonyl (C=O) groups excluding carboxylic acids is 1. The van der Waals surface area contributed by atoms with Gasteiger partial charge < -0.3 is 25.3 Å². The first kappa shape index (κ1) is 19.5. The molecule has 1 aromatic carbocycles. The standard InChI is InChI=1S/C16H24N2O4.ClH/c1-20-13-3-4-14(21-2)12(11-13)5-8-18-15(19)16(17)6-9-22-10-7-16;/h3-4,11H,5-10,17H2,1-2H3,(H,18,19);1H. The maximum absolute atomic E-state index is 12.2. The molecule has 130 valence electrons. The van der Waals surface area contributed by atoms with E-state index in [1.165, 1.54) is 0 Å². The van der Waals surface area contributed by atoms with E-state index in [0.717, 1.165) is 17.1 Å². The molecule has 0 unspecified atom stereocenters. The van der Waals surface area contributed by atoms with Crippen LogP contribution in [-0.4, -0.2) is 45.4 Å². The molecule has 23 heavy (non-hydrogen) atoms. The van der Waals surface area contributed by atoms with Crippen LogP contribution >= 0.6 is 12.4 Å². The highest BCUT2D eigenvalue weighted by molar-refractivity contribution is 5.86. The first-order chi connectivity index (χ1) is 10.6. The van der Waals surface area contributed by atoms with E-state index in [9.17, 15) is 4.79 Å². The zero-order chi connectivity index (χ0) is 16.0. The summed E-state index contributed by atoms with van der Waals surface area (Å²) in [5.74, 6) is 1.43. The van der Waals surface area contributed by atoms with Crippen molar-refractivity contribution in [1.82, 2.24) is 5.32 Å². The Morgan fingerprint density at radius 1 is 1.30 bits per heavy atom. The van der Waals surface area contributed by atoms with Gasteiger partial charge in [-0.3, -0.25) is 4.79 Å². The molecule has 0 aliphatic carbocycles. The molecule has 0 atom stereocenters. The summed E-state index contributed by atoms with van der Waals surface area (Å²) in [5, 5.41) is 2.91. The van der Waals surface area contributed by atoms with Crippen molar-refractivity contribution in [2.45, 2.75) is 24.8 Å². The van der Waals surface area contributed by atoms with Crippen LogP contribution in [0.25, 0.3) is 0 Å². The second-order valence-electron chi connectivity index (χ2n) is 5.45. The number of hydrogen-bond acceptors (Lipinski definition) is 5. The molecule has 1 aliphatic rings. The average molecular weight is 345 g/mol. The van der Waals surface area contributed by atoms with Crippen molar-refractivity contribution in [2.24, 2.45) is 5.73 Å². The van der Waals surface area contributed by atoms with Crippen LogP contribution in [0.3, 0.4) is 0 Å². The van der Waals surface area contributed by atoms with E-state index in [2.05, 4.69) is 5.32 Å². The summed E-state index contributed by atoms with van der Waals surface area (Å²) in [6.45, 7) is 1.57. The van der Waals surface area contributed by atoms with Gasteiger partial charge in [0.1, 0.15) is 11.5 Å². The van der Waals surface area contributed by atoms with E-state index in [4.69, 9.17) is 19.9 Å². The highest BCUT2D eigenvalue weighted by Crippen LogP contribution is 2.24. The lowest BCUT2D eigenvalue weighted by Gasteiger charge is -2.31. The molecule has 1 fully saturated rings. The van der Waals surface area contributed by atoms with Gasteiger partial charge in [0.2, 0.25) is 5.91 Å². The predicted octanol–water partition coefficient (Wildman–Crippen LogP) is 1.29. The van der Waals surface area contributed by atoms with E-state index in [1.54, 1.807) is 14.2 Å². The molecule has 1 aliphatic heterocycles. The Kier molecular flexibility index (Phi) is 7.61. The molecule has 0 radical (unpaired) electrons. The number of ether oxygens (including phenoxy) is 3. The summed E-state index contributed by atoms with van der Waals surface area (Å²) in [6.07, 6.45) is 1.77. The van der Waals surface area contributed by atoms with Crippen molar-refractivity contribution in [2.75, 3.05) is 34.0 Å². The molecule has 6 nitrogen and oxygen atoms in total. The molecule has 1 heterocycles. The SMILES string of the molecule is COc1ccc(OC)c(CCNC(=O)C2(N)CCOCC2)c1.Cl. The van der Waals surface area contributed by atoms with Crippen LogP contribution in [0.1, 0.15) is 18.4 Å². The number of amides is 1. The average Bonchev–Trinajstić information content (AvgIpc) is 2.55. The Hall–Kier alpha value is -1.50. The van der Waals surface area contributed by atoms with Gasteiger partial charge in [-0.25, -0.2) is 0 Å². The summed E-state index contributed by atoms with van der Waals surface area (Å²) >= 11 is 0. The van der Waals surface area contributed by atoms with Crippen LogP contribution in [-0.2, 0) is 16.0 Å². The lowest BCUT2D eigenvalue weighted by molar-refractivity contribution is -0.129. The smallest absolute Gasteiger partial charge is 0.240 e. The molecule has 2 rings (SSSR count). The molecule has 1 saturated heterocycles. The molecule has 0 saturated carbocycles. The van der Waals surface area contributed by atoms with Crippen LogP contribution in [0.2, 0.25) is 0 Å². The van der Waals surface area contributed by atoms with Gasteiger partial charge >= 0.3 is 0 Å².